The summed E-state index contributed by atoms with van der Waals surface area (Å²) < 4.78 is 24.7. The number of oxime groups is 1. The topological polar surface area (TPSA) is 96.9 Å². The molecule has 0 radical (unpaired) electrons. The summed E-state index contributed by atoms with van der Waals surface area (Å²) in [6.45, 7) is 35.0. The number of hydrogen-bond acceptors (Lipinski definition) is 5. The molecule has 8 heteroatoms. The summed E-state index contributed by atoms with van der Waals surface area (Å²) in [6.07, 6.45) is 2.39. The van der Waals surface area contributed by atoms with Crippen LogP contribution in [0.4, 0.5) is 0 Å². The van der Waals surface area contributed by atoms with E-state index in [1.807, 2.05) is 74.4 Å². The maximum atomic E-state index is 11.2. The third kappa shape index (κ3) is 20.6. The zero-order valence-corrected chi connectivity index (χ0v) is 33.3. The number of carbonyl (C=O) groups excluding carboxylic acids is 1. The van der Waals surface area contributed by atoms with E-state index in [-0.39, 0.29) is 43.7 Å². The fourth-order valence-corrected chi connectivity index (χ4v) is 5.50. The molecule has 0 aromatic heterocycles. The van der Waals surface area contributed by atoms with Gasteiger partial charge in [0.25, 0.3) is 0 Å². The maximum absolute atomic E-state index is 11.2. The Bertz CT molecular complexity index is 1330. The molecule has 2 aliphatic carbocycles. The number of sulfonamides is 1. The van der Waals surface area contributed by atoms with E-state index < -0.39 is 10.0 Å². The zero-order chi connectivity index (χ0) is 37.5. The first-order valence-electron chi connectivity index (χ1n) is 17.3. The maximum Gasteiger partial charge on any atom is 0.220 e. The van der Waals surface area contributed by atoms with Crippen molar-refractivity contribution >= 4 is 21.6 Å². The third-order valence-electron chi connectivity index (χ3n) is 7.21. The molecule has 0 unspecified atom stereocenters. The van der Waals surface area contributed by atoms with E-state index in [9.17, 15) is 13.2 Å². The van der Waals surface area contributed by atoms with Gasteiger partial charge in [0.15, 0.2) is 0 Å². The smallest absolute Gasteiger partial charge is 0.220 e. The van der Waals surface area contributed by atoms with Crippen LogP contribution in [0.2, 0.25) is 0 Å². The van der Waals surface area contributed by atoms with Gasteiger partial charge in [0.1, 0.15) is 11.8 Å². The Balaban J connectivity index is -0.000000607. The van der Waals surface area contributed by atoms with Crippen LogP contribution < -0.4 is 10.0 Å². The van der Waals surface area contributed by atoms with Gasteiger partial charge in [-0.05, 0) is 89.7 Å². The summed E-state index contributed by atoms with van der Waals surface area (Å²) in [6, 6.07) is 16.7. The Hall–Kier alpha value is -2.97. The van der Waals surface area contributed by atoms with Crippen molar-refractivity contribution in [2.24, 2.45) is 22.4 Å². The van der Waals surface area contributed by atoms with E-state index in [2.05, 4.69) is 99.4 Å². The highest BCUT2D eigenvalue weighted by atomic mass is 32.2. The molecule has 0 atom stereocenters. The van der Waals surface area contributed by atoms with Crippen LogP contribution in [0.1, 0.15) is 142 Å². The minimum atomic E-state index is -2.94. The molecule has 2 aliphatic rings. The first-order chi connectivity index (χ1) is 22.0. The van der Waals surface area contributed by atoms with Crippen LogP contribution in [0, 0.1) is 17.3 Å². The van der Waals surface area contributed by atoms with Gasteiger partial charge in [-0.15, -0.1) is 13.2 Å². The third-order valence-corrected chi connectivity index (χ3v) is 9.36. The molecule has 0 heterocycles. The summed E-state index contributed by atoms with van der Waals surface area (Å²) in [5.41, 5.74) is 6.12. The molecule has 4 rings (SSSR count). The largest absolute Gasteiger partial charge is 0.393 e. The summed E-state index contributed by atoms with van der Waals surface area (Å²) in [5, 5.41) is 7.15. The molecule has 0 spiro atoms. The molecule has 50 heavy (non-hydrogen) atoms. The lowest BCUT2D eigenvalue weighted by atomic mass is 9.84. The number of hydrogen-bond donors (Lipinski definition) is 2. The Morgan fingerprint density at radius 2 is 1.18 bits per heavy atom. The van der Waals surface area contributed by atoms with E-state index in [4.69, 9.17) is 4.84 Å². The zero-order valence-electron chi connectivity index (χ0n) is 32.5. The van der Waals surface area contributed by atoms with Gasteiger partial charge < -0.3 is 10.2 Å². The lowest BCUT2D eigenvalue weighted by Crippen LogP contribution is -2.40. The monoisotopic (exact) mass is 718 g/mol. The van der Waals surface area contributed by atoms with Crippen LogP contribution in [0.5, 0.6) is 0 Å². The highest BCUT2D eigenvalue weighted by molar-refractivity contribution is 7.90. The summed E-state index contributed by atoms with van der Waals surface area (Å²) in [4.78, 5) is 16.6. The number of fused-ring (bicyclic) bond motifs is 3. The first-order valence-corrected chi connectivity index (χ1v) is 18.8. The molecule has 2 aromatic carbocycles. The van der Waals surface area contributed by atoms with Gasteiger partial charge in [-0.2, -0.15) is 0 Å². The molecule has 1 fully saturated rings. The normalized spacial score (nSPS) is 12.9. The van der Waals surface area contributed by atoms with Crippen molar-refractivity contribution in [1.82, 2.24) is 10.0 Å². The number of benzene rings is 2. The fourth-order valence-electron chi connectivity index (χ4n) is 3.89. The Morgan fingerprint density at radius 3 is 1.46 bits per heavy atom. The number of rotatable bonds is 7. The molecular formula is C42H75N3O4S. The van der Waals surface area contributed by atoms with Gasteiger partial charge in [-0.25, -0.2) is 13.1 Å². The van der Waals surface area contributed by atoms with E-state index in [0.29, 0.717) is 17.8 Å². The number of amides is 1. The lowest BCUT2D eigenvalue weighted by Gasteiger charge is -2.22. The van der Waals surface area contributed by atoms with Crippen molar-refractivity contribution in [3.8, 4) is 11.1 Å². The van der Waals surface area contributed by atoms with Crippen LogP contribution in [0.3, 0.4) is 0 Å². The lowest BCUT2D eigenvalue weighted by molar-refractivity contribution is -0.123. The standard InChI is InChI=1S/C16H15NO.C9H19NO.C7H16.C6H13NO2S.C2H4.2CH4/c1-11(2)18-17-16-14-9-5-3-7-12(14)13-8-4-6-10-15(13)16;1-7(2)6-8(11)10-9(3,4)5;1-6(2)7(3,4)5;1-5(2)7-10(8,9)6-3-4-6;1-2;;/h3-11H,1-2H3;7H,6H2,1-5H3,(H,10,11);6H,1-5H3;5-7H,3-4H2,1-2H3;1-2H2;2*1H4. The quantitative estimate of drug-likeness (QED) is 0.188. The van der Waals surface area contributed by atoms with Crippen LogP contribution in [-0.4, -0.2) is 43.0 Å². The van der Waals surface area contributed by atoms with Gasteiger partial charge in [0.05, 0.1) is 5.25 Å². The highest BCUT2D eigenvalue weighted by Gasteiger charge is 2.35. The molecule has 0 bridgehead atoms. The van der Waals surface area contributed by atoms with Crippen molar-refractivity contribution in [3.05, 3.63) is 72.8 Å². The van der Waals surface area contributed by atoms with Gasteiger partial charge in [-0.3, -0.25) is 4.79 Å². The fraction of sp³-hybridized carbons (Fsp3) is 0.619. The molecule has 2 aromatic rings. The second kappa shape index (κ2) is 23.5. The van der Waals surface area contributed by atoms with Gasteiger partial charge in [0.2, 0.25) is 15.9 Å². The number of nitrogens with one attached hydrogen (secondary N) is 2. The number of carbonyl (C=O) groups is 1. The Morgan fingerprint density at radius 1 is 0.800 bits per heavy atom. The molecule has 2 N–H and O–H groups in total. The van der Waals surface area contributed by atoms with E-state index >= 15 is 0 Å². The molecule has 1 amide bonds. The highest BCUT2D eigenvalue weighted by Crippen LogP contribution is 2.36. The van der Waals surface area contributed by atoms with E-state index in [1.165, 1.54) is 11.1 Å². The predicted molar refractivity (Wildman–Crippen MR) is 220 cm³/mol. The van der Waals surface area contributed by atoms with E-state index in [0.717, 1.165) is 35.6 Å². The second-order valence-corrected chi connectivity index (χ2v) is 17.6. The Labute approximate surface area is 309 Å². The van der Waals surface area contributed by atoms with E-state index in [1.54, 1.807) is 0 Å². The van der Waals surface area contributed by atoms with Crippen molar-refractivity contribution < 1.29 is 18.0 Å². The van der Waals surface area contributed by atoms with Crippen LogP contribution in [-0.2, 0) is 19.7 Å². The van der Waals surface area contributed by atoms with Crippen LogP contribution >= 0.6 is 0 Å². The van der Waals surface area contributed by atoms with Crippen LogP contribution in [0.25, 0.3) is 11.1 Å². The predicted octanol–water partition coefficient (Wildman–Crippen LogP) is 11.0. The van der Waals surface area contributed by atoms with Crippen molar-refractivity contribution in [1.29, 1.82) is 0 Å². The average molecular weight is 718 g/mol. The average Bonchev–Trinajstić information content (AvgIpc) is 3.76. The molecule has 0 aliphatic heterocycles. The van der Waals surface area contributed by atoms with Gasteiger partial charge >= 0.3 is 0 Å². The Kier molecular flexibility index (Phi) is 24.2. The summed E-state index contributed by atoms with van der Waals surface area (Å²) in [5.74, 6) is 1.39. The summed E-state index contributed by atoms with van der Waals surface area (Å²) >= 11 is 0. The molecule has 0 saturated heterocycles. The van der Waals surface area contributed by atoms with Crippen LogP contribution in [0.15, 0.2) is 66.8 Å². The van der Waals surface area contributed by atoms with Gasteiger partial charge in [-0.1, -0.05) is 117 Å². The van der Waals surface area contributed by atoms with Crippen molar-refractivity contribution in [3.63, 3.8) is 0 Å². The first kappa shape index (κ1) is 51.4. The van der Waals surface area contributed by atoms with Crippen molar-refractivity contribution in [2.75, 3.05) is 0 Å². The SMILES string of the molecule is C.C.C=C.CC(C)C(C)(C)C.CC(C)CC(=O)NC(C)(C)C.CC(C)NS(=O)(=O)C1CC1.CC(C)ON=C1c2ccccc2-c2ccccc21. The molecule has 288 valence electrons. The molecule has 1 saturated carbocycles. The second-order valence-electron chi connectivity index (χ2n) is 15.6. The minimum Gasteiger partial charge on any atom is -0.393 e. The summed E-state index contributed by atoms with van der Waals surface area (Å²) in [7, 11) is -2.94. The minimum absolute atomic E-state index is 0. The number of nitrogens with zero attached hydrogens (tertiary/aromatic N) is 1. The van der Waals surface area contributed by atoms with Gasteiger partial charge in [0, 0.05) is 29.1 Å². The van der Waals surface area contributed by atoms with Crippen molar-refractivity contribution in [2.45, 2.75) is 154 Å². The molecular weight excluding hydrogens is 643 g/mol. The molecule has 7 nitrogen and oxygen atoms in total.